The van der Waals surface area contributed by atoms with E-state index in [1.165, 1.54) is 22.7 Å². The average Bonchev–Trinajstić information content (AvgIpc) is 3.80. The molecule has 0 unspecified atom stereocenters. The Morgan fingerprint density at radius 2 is 1.20 bits per heavy atom. The molecule has 4 aromatic heterocycles. The average molecular weight is 583 g/mol. The Kier molecular flexibility index (Phi) is 7.32. The van der Waals surface area contributed by atoms with Gasteiger partial charge in [-0.25, -0.2) is 9.97 Å². The minimum atomic E-state index is -0.828. The molecule has 4 aromatic rings. The molecular formula is C29H34N4O5S2. The van der Waals surface area contributed by atoms with Gasteiger partial charge < -0.3 is 29.8 Å². The fourth-order valence-corrected chi connectivity index (χ4v) is 8.86. The molecular weight excluding hydrogens is 548 g/mol. The van der Waals surface area contributed by atoms with Crippen LogP contribution in [0.5, 0.6) is 0 Å². The quantitative estimate of drug-likeness (QED) is 0.248. The summed E-state index contributed by atoms with van der Waals surface area (Å²) < 4.78 is 23.1. The van der Waals surface area contributed by atoms with Gasteiger partial charge in [0.1, 0.15) is 11.4 Å². The van der Waals surface area contributed by atoms with E-state index in [0.29, 0.717) is 58.9 Å². The minimum Gasteiger partial charge on any atom is -0.463 e. The van der Waals surface area contributed by atoms with Crippen LogP contribution in [0.3, 0.4) is 0 Å². The lowest BCUT2D eigenvalue weighted by atomic mass is 9.57. The zero-order valence-electron chi connectivity index (χ0n) is 22.7. The highest BCUT2D eigenvalue weighted by Gasteiger charge is 2.57. The number of rotatable bonds is 8. The van der Waals surface area contributed by atoms with Crippen LogP contribution in [0.2, 0.25) is 0 Å². The number of furan rings is 2. The zero-order valence-corrected chi connectivity index (χ0v) is 24.3. The van der Waals surface area contributed by atoms with Gasteiger partial charge in [-0.15, -0.1) is 22.7 Å². The lowest BCUT2D eigenvalue weighted by Crippen LogP contribution is -2.53. The second-order valence-electron chi connectivity index (χ2n) is 10.8. The summed E-state index contributed by atoms with van der Waals surface area (Å²) in [5.74, 6) is 1.39. The second kappa shape index (κ2) is 10.8. The normalized spacial score (nSPS) is 27.1. The van der Waals surface area contributed by atoms with Crippen molar-refractivity contribution in [1.29, 1.82) is 0 Å². The smallest absolute Gasteiger partial charge is 0.180 e. The highest BCUT2D eigenvalue weighted by atomic mass is 32.1. The van der Waals surface area contributed by atoms with Gasteiger partial charge in [-0.3, -0.25) is 4.79 Å². The number of carbonyl (C=O) groups excluding carboxylic acids is 1. The summed E-state index contributed by atoms with van der Waals surface area (Å²) in [6.45, 7) is 0. The molecule has 2 fully saturated rings. The number of nitrogens with zero attached hydrogens (tertiary/aromatic N) is 2. The Labute approximate surface area is 240 Å². The molecule has 0 saturated heterocycles. The molecule has 11 heteroatoms. The van der Waals surface area contributed by atoms with Gasteiger partial charge in [-0.05, 0) is 75.6 Å². The first kappa shape index (κ1) is 27.2. The molecule has 0 spiro atoms. The molecule has 2 saturated carbocycles. The number of ketones is 1. The van der Waals surface area contributed by atoms with Crippen LogP contribution in [0.1, 0.15) is 61.1 Å². The summed E-state index contributed by atoms with van der Waals surface area (Å²) in [5, 5.41) is 0.829. The molecule has 2 aliphatic rings. The van der Waals surface area contributed by atoms with Crippen molar-refractivity contribution in [3.63, 3.8) is 0 Å². The third kappa shape index (κ3) is 4.49. The molecule has 0 atom stereocenters. The summed E-state index contributed by atoms with van der Waals surface area (Å²) in [6.07, 6.45) is 8.94. The third-order valence-corrected chi connectivity index (χ3v) is 11.0. The maximum Gasteiger partial charge on any atom is 0.180 e. The van der Waals surface area contributed by atoms with Crippen LogP contribution in [-0.4, -0.2) is 42.2 Å². The van der Waals surface area contributed by atoms with Crippen molar-refractivity contribution < 1.29 is 23.1 Å². The van der Waals surface area contributed by atoms with Gasteiger partial charge in [0.25, 0.3) is 0 Å². The summed E-state index contributed by atoms with van der Waals surface area (Å²) in [6, 6.07) is 7.40. The zero-order chi connectivity index (χ0) is 27.9. The number of anilines is 2. The lowest BCUT2D eigenvalue weighted by molar-refractivity contribution is -0.135. The van der Waals surface area contributed by atoms with Gasteiger partial charge in [-0.1, -0.05) is 0 Å². The minimum absolute atomic E-state index is 0.0937. The predicted molar refractivity (Wildman–Crippen MR) is 155 cm³/mol. The number of Topliss-reactive ketones (excluding diaryl/α,β-unsaturated/α-hetero) is 1. The predicted octanol–water partition coefficient (Wildman–Crippen LogP) is 6.21. The van der Waals surface area contributed by atoms with Crippen LogP contribution in [0.15, 0.2) is 45.6 Å². The SMILES string of the molecule is COC1CCC(C(=O)C2(c3sc(N)nc3-c3ccco3)CCC(OC)CC2)(c2sc(N)nc2-c2ccco2)CC1. The molecule has 9 nitrogen and oxygen atoms in total. The van der Waals surface area contributed by atoms with Crippen LogP contribution < -0.4 is 11.5 Å². The summed E-state index contributed by atoms with van der Waals surface area (Å²) in [4.78, 5) is 26.7. The van der Waals surface area contributed by atoms with E-state index >= 15 is 4.79 Å². The van der Waals surface area contributed by atoms with Gasteiger partial charge in [0.05, 0.1) is 45.3 Å². The number of ether oxygens (including phenoxy) is 2. The van der Waals surface area contributed by atoms with E-state index in [1.54, 1.807) is 26.7 Å². The van der Waals surface area contributed by atoms with Crippen LogP contribution in [0, 0.1) is 0 Å². The molecule has 2 aliphatic carbocycles. The van der Waals surface area contributed by atoms with Crippen molar-refractivity contribution >= 4 is 38.7 Å². The van der Waals surface area contributed by atoms with E-state index < -0.39 is 10.8 Å². The molecule has 0 bridgehead atoms. The van der Waals surface area contributed by atoms with Gasteiger partial charge in [0.2, 0.25) is 0 Å². The highest BCUT2D eigenvalue weighted by Crippen LogP contribution is 2.56. The monoisotopic (exact) mass is 582 g/mol. The van der Waals surface area contributed by atoms with E-state index in [1.807, 2.05) is 24.3 Å². The first-order valence-electron chi connectivity index (χ1n) is 13.6. The van der Waals surface area contributed by atoms with Crippen molar-refractivity contribution in [2.45, 2.75) is 74.4 Å². The molecule has 0 aliphatic heterocycles. The number of aromatic nitrogens is 2. The number of thiazole rings is 2. The van der Waals surface area contributed by atoms with Crippen molar-refractivity contribution in [3.05, 3.63) is 46.5 Å². The van der Waals surface area contributed by atoms with E-state index in [4.69, 9.17) is 29.8 Å². The Morgan fingerprint density at radius 3 is 1.52 bits per heavy atom. The number of hydrogen-bond acceptors (Lipinski definition) is 11. The van der Waals surface area contributed by atoms with E-state index in [0.717, 1.165) is 35.4 Å². The summed E-state index contributed by atoms with van der Waals surface area (Å²) in [5.41, 5.74) is 12.3. The Hall–Kier alpha value is -2.99. The molecule has 0 aromatic carbocycles. The molecule has 212 valence electrons. The molecule has 4 N–H and O–H groups in total. The van der Waals surface area contributed by atoms with Gasteiger partial charge in [0.15, 0.2) is 27.6 Å². The Morgan fingerprint density at radius 1 is 0.800 bits per heavy atom. The van der Waals surface area contributed by atoms with Crippen LogP contribution >= 0.6 is 22.7 Å². The van der Waals surface area contributed by atoms with Crippen LogP contribution in [0.4, 0.5) is 10.3 Å². The van der Waals surface area contributed by atoms with Crippen molar-refractivity contribution in [1.82, 2.24) is 9.97 Å². The van der Waals surface area contributed by atoms with Gasteiger partial charge in [-0.2, -0.15) is 0 Å². The Bertz CT molecular complexity index is 1330. The maximum atomic E-state index is 15.6. The first-order valence-corrected chi connectivity index (χ1v) is 15.3. The Balaban J connectivity index is 1.54. The number of carbonyl (C=O) groups is 1. The van der Waals surface area contributed by atoms with E-state index in [2.05, 4.69) is 9.97 Å². The largest absolute Gasteiger partial charge is 0.463 e. The van der Waals surface area contributed by atoms with Crippen molar-refractivity contribution in [2.75, 3.05) is 25.7 Å². The fraction of sp³-hybridized carbons (Fsp3) is 0.483. The molecule has 4 heterocycles. The third-order valence-electron chi connectivity index (χ3n) is 8.77. The number of nitrogen functional groups attached to an aromatic ring is 2. The summed E-state index contributed by atoms with van der Waals surface area (Å²) >= 11 is 2.78. The lowest BCUT2D eigenvalue weighted by Gasteiger charge is -2.47. The number of nitrogens with two attached hydrogens (primary N) is 2. The molecule has 40 heavy (non-hydrogen) atoms. The number of hydrogen-bond donors (Lipinski definition) is 2. The molecule has 0 radical (unpaired) electrons. The van der Waals surface area contributed by atoms with Crippen molar-refractivity contribution in [3.8, 4) is 22.9 Å². The second-order valence-corrected chi connectivity index (χ2v) is 12.8. The molecule has 6 rings (SSSR count). The van der Waals surface area contributed by atoms with E-state index in [-0.39, 0.29) is 18.0 Å². The van der Waals surface area contributed by atoms with Crippen LogP contribution in [0.25, 0.3) is 22.9 Å². The molecule has 0 amide bonds. The van der Waals surface area contributed by atoms with Crippen LogP contribution in [-0.2, 0) is 25.1 Å². The fourth-order valence-electron chi connectivity index (χ4n) is 6.69. The summed E-state index contributed by atoms with van der Waals surface area (Å²) in [7, 11) is 3.48. The first-order chi connectivity index (χ1) is 19.4. The highest BCUT2D eigenvalue weighted by molar-refractivity contribution is 7.16. The number of methoxy groups -OCH3 is 2. The van der Waals surface area contributed by atoms with E-state index in [9.17, 15) is 0 Å². The maximum absolute atomic E-state index is 15.6. The standard InChI is InChI=1S/C29H34N4O5S2/c1-35-17-7-11-28(12-8-17,23-21(32-26(30)39-23)19-5-3-15-37-19)25(34)29(13-9-18(36-2)10-14-29)24-22(33-27(31)40-24)20-6-4-16-38-20/h3-6,15-18H,7-14H2,1-2H3,(H2,30,32)(H2,31,33). The topological polar surface area (TPSA) is 140 Å². The van der Waals surface area contributed by atoms with Gasteiger partial charge in [0, 0.05) is 14.2 Å². The van der Waals surface area contributed by atoms with Crippen molar-refractivity contribution in [2.24, 2.45) is 0 Å². The van der Waals surface area contributed by atoms with Gasteiger partial charge >= 0.3 is 0 Å².